The van der Waals surface area contributed by atoms with Gasteiger partial charge in [-0.05, 0) is 6.07 Å². The maximum Gasteiger partial charge on any atom is 0.293 e. The molecule has 0 saturated heterocycles. The molecule has 0 aliphatic rings. The van der Waals surface area contributed by atoms with Crippen LogP contribution in [0.25, 0.3) is 0 Å². The van der Waals surface area contributed by atoms with Gasteiger partial charge in [-0.2, -0.15) is 0 Å². The van der Waals surface area contributed by atoms with Crippen LogP contribution in [-0.4, -0.2) is 17.1 Å². The van der Waals surface area contributed by atoms with Gasteiger partial charge >= 0.3 is 0 Å². The molecule has 0 aromatic heterocycles. The molecule has 90 valence electrons. The maximum absolute atomic E-state index is 10.9. The highest BCUT2D eigenvalue weighted by Gasteiger charge is 2.25. The Morgan fingerprint density at radius 2 is 2.24 bits per heavy atom. The average Bonchev–Trinajstić information content (AvgIpc) is 2.23. The van der Waals surface area contributed by atoms with Crippen molar-refractivity contribution in [1.29, 1.82) is 0 Å². The van der Waals surface area contributed by atoms with E-state index < -0.39 is 11.0 Å². The predicted molar refractivity (Wildman–Crippen MR) is 61.6 cm³/mol. The normalized spacial score (nSPS) is 11.6. The molecule has 17 heavy (non-hydrogen) atoms. The molecule has 1 aromatic rings. The second-order valence-corrected chi connectivity index (χ2v) is 3.63. The van der Waals surface area contributed by atoms with Crippen molar-refractivity contribution in [2.75, 3.05) is 5.32 Å². The summed E-state index contributed by atoms with van der Waals surface area (Å²) in [5.41, 5.74) is 0.295. The van der Waals surface area contributed by atoms with Crippen LogP contribution >= 0.6 is 11.6 Å². The monoisotopic (exact) mass is 256 g/mol. The Labute approximate surface area is 102 Å². The molecule has 0 fully saturated rings. The minimum atomic E-state index is -1.53. The Bertz CT molecular complexity index is 475. The number of benzene rings is 1. The molecule has 0 aliphatic heterocycles. The van der Waals surface area contributed by atoms with Gasteiger partial charge in [0.2, 0.25) is 5.91 Å². The lowest BCUT2D eigenvalue weighted by molar-refractivity contribution is -0.511. The third kappa shape index (κ3) is 3.01. The molecular formula is C10H9ClN2O4. The van der Waals surface area contributed by atoms with E-state index in [2.05, 4.69) is 5.32 Å². The number of rotatable bonds is 4. The summed E-state index contributed by atoms with van der Waals surface area (Å²) >= 11 is 5.89. The summed E-state index contributed by atoms with van der Waals surface area (Å²) in [5.74, 6) is -0.354. The Hall–Kier alpha value is -1.95. The van der Waals surface area contributed by atoms with E-state index in [0.29, 0.717) is 0 Å². The molecule has 1 atom stereocenters. The number of aldehydes is 1. The predicted octanol–water partition coefficient (Wildman–Crippen LogP) is 1.82. The van der Waals surface area contributed by atoms with E-state index in [0.717, 1.165) is 0 Å². The molecule has 1 rings (SSSR count). The third-order valence-corrected chi connectivity index (χ3v) is 2.44. The van der Waals surface area contributed by atoms with Crippen LogP contribution in [0.1, 0.15) is 18.5 Å². The summed E-state index contributed by atoms with van der Waals surface area (Å²) < 4.78 is 0. The summed E-state index contributed by atoms with van der Waals surface area (Å²) in [5, 5.41) is 13.1. The van der Waals surface area contributed by atoms with Crippen molar-refractivity contribution >= 4 is 29.5 Å². The largest absolute Gasteiger partial charge is 0.325 e. The lowest BCUT2D eigenvalue weighted by Crippen LogP contribution is -2.14. The lowest BCUT2D eigenvalue weighted by Gasteiger charge is -2.10. The summed E-state index contributed by atoms with van der Waals surface area (Å²) in [4.78, 5) is 31.4. The number of amides is 1. The standard InChI is InChI=1S/C10H9ClN2O4/c1-6(15)12-8-4-2-3-7(10(8)11)9(5-14)13(16)17/h2-5,9H,1H3,(H,12,15). The minimum Gasteiger partial charge on any atom is -0.325 e. The molecule has 0 bridgehead atoms. The van der Waals surface area contributed by atoms with Gasteiger partial charge in [0.25, 0.3) is 6.04 Å². The molecule has 0 spiro atoms. The fourth-order valence-electron chi connectivity index (χ4n) is 1.30. The van der Waals surface area contributed by atoms with Crippen LogP contribution in [0.5, 0.6) is 0 Å². The Balaban J connectivity index is 3.21. The molecule has 0 heterocycles. The van der Waals surface area contributed by atoms with Crippen molar-refractivity contribution in [2.24, 2.45) is 0 Å². The molecule has 0 aliphatic carbocycles. The zero-order chi connectivity index (χ0) is 13.0. The molecule has 1 aromatic carbocycles. The third-order valence-electron chi connectivity index (χ3n) is 2.01. The van der Waals surface area contributed by atoms with Gasteiger partial charge < -0.3 is 5.32 Å². The molecule has 0 radical (unpaired) electrons. The Kier molecular flexibility index (Phi) is 4.17. The molecule has 0 saturated carbocycles. The highest BCUT2D eigenvalue weighted by molar-refractivity contribution is 6.34. The molecule has 6 nitrogen and oxygen atoms in total. The first-order valence-corrected chi connectivity index (χ1v) is 5.00. The zero-order valence-electron chi connectivity index (χ0n) is 8.84. The zero-order valence-corrected chi connectivity index (χ0v) is 9.60. The van der Waals surface area contributed by atoms with Crippen LogP contribution in [-0.2, 0) is 9.59 Å². The van der Waals surface area contributed by atoms with Crippen LogP contribution < -0.4 is 5.32 Å². The molecule has 7 heteroatoms. The van der Waals surface area contributed by atoms with Crippen molar-refractivity contribution < 1.29 is 14.5 Å². The van der Waals surface area contributed by atoms with Gasteiger partial charge in [-0.1, -0.05) is 23.7 Å². The first kappa shape index (κ1) is 13.1. The van der Waals surface area contributed by atoms with Crippen LogP contribution in [0, 0.1) is 10.1 Å². The smallest absolute Gasteiger partial charge is 0.293 e. The van der Waals surface area contributed by atoms with E-state index in [1.807, 2.05) is 0 Å². The number of carbonyl (C=O) groups is 2. The highest BCUT2D eigenvalue weighted by atomic mass is 35.5. The van der Waals surface area contributed by atoms with Crippen LogP contribution in [0.2, 0.25) is 5.02 Å². The van der Waals surface area contributed by atoms with E-state index in [4.69, 9.17) is 11.6 Å². The van der Waals surface area contributed by atoms with Crippen LogP contribution in [0.4, 0.5) is 5.69 Å². The summed E-state index contributed by atoms with van der Waals surface area (Å²) in [6.45, 7) is 1.29. The summed E-state index contributed by atoms with van der Waals surface area (Å²) in [6, 6.07) is 2.81. The van der Waals surface area contributed by atoms with Gasteiger partial charge in [-0.15, -0.1) is 0 Å². The minimum absolute atomic E-state index is 0.00324. The number of hydrogen-bond acceptors (Lipinski definition) is 4. The number of nitrogens with zero attached hydrogens (tertiary/aromatic N) is 1. The quantitative estimate of drug-likeness (QED) is 0.505. The van der Waals surface area contributed by atoms with Crippen molar-refractivity contribution in [2.45, 2.75) is 13.0 Å². The van der Waals surface area contributed by atoms with Crippen LogP contribution in [0.15, 0.2) is 18.2 Å². The summed E-state index contributed by atoms with van der Waals surface area (Å²) in [7, 11) is 0. The molecule has 1 N–H and O–H groups in total. The lowest BCUT2D eigenvalue weighted by atomic mass is 10.1. The van der Waals surface area contributed by atoms with Gasteiger partial charge in [-0.25, -0.2) is 0 Å². The van der Waals surface area contributed by atoms with Gasteiger partial charge in [0.15, 0.2) is 6.29 Å². The van der Waals surface area contributed by atoms with Crippen molar-refractivity contribution in [3.05, 3.63) is 38.9 Å². The fraction of sp³-hybridized carbons (Fsp3) is 0.200. The van der Waals surface area contributed by atoms with E-state index in [1.54, 1.807) is 0 Å². The first-order valence-electron chi connectivity index (χ1n) is 4.62. The maximum atomic E-state index is 10.9. The number of nitrogens with one attached hydrogen (secondary N) is 1. The van der Waals surface area contributed by atoms with Gasteiger partial charge in [-0.3, -0.25) is 19.7 Å². The summed E-state index contributed by atoms with van der Waals surface area (Å²) in [6.07, 6.45) is 0.193. The molecule has 1 unspecified atom stereocenters. The second-order valence-electron chi connectivity index (χ2n) is 3.26. The number of nitro groups is 1. The SMILES string of the molecule is CC(=O)Nc1cccc(C(C=O)[N+](=O)[O-])c1Cl. The van der Waals surface area contributed by atoms with Crippen molar-refractivity contribution in [3.8, 4) is 0 Å². The van der Waals surface area contributed by atoms with Crippen molar-refractivity contribution in [3.63, 3.8) is 0 Å². The van der Waals surface area contributed by atoms with E-state index in [-0.39, 0.29) is 28.5 Å². The first-order chi connectivity index (χ1) is 7.97. The highest BCUT2D eigenvalue weighted by Crippen LogP contribution is 2.30. The van der Waals surface area contributed by atoms with E-state index in [9.17, 15) is 19.7 Å². The topological polar surface area (TPSA) is 89.3 Å². The van der Waals surface area contributed by atoms with Gasteiger partial charge in [0, 0.05) is 11.8 Å². The number of halogens is 1. The van der Waals surface area contributed by atoms with E-state index in [1.165, 1.54) is 25.1 Å². The Morgan fingerprint density at radius 1 is 1.59 bits per heavy atom. The second kappa shape index (κ2) is 5.40. The van der Waals surface area contributed by atoms with Crippen molar-refractivity contribution in [1.82, 2.24) is 0 Å². The number of carbonyl (C=O) groups excluding carboxylic acids is 2. The molecular weight excluding hydrogens is 248 g/mol. The van der Waals surface area contributed by atoms with Gasteiger partial charge in [0.1, 0.15) is 0 Å². The van der Waals surface area contributed by atoms with Crippen LogP contribution in [0.3, 0.4) is 0 Å². The van der Waals surface area contributed by atoms with E-state index >= 15 is 0 Å². The molecule has 1 amide bonds. The Morgan fingerprint density at radius 3 is 2.71 bits per heavy atom. The average molecular weight is 257 g/mol. The number of hydrogen-bond donors (Lipinski definition) is 1. The fourth-order valence-corrected chi connectivity index (χ4v) is 1.59. The van der Waals surface area contributed by atoms with Gasteiger partial charge in [0.05, 0.1) is 16.3 Å². The number of anilines is 1.